The van der Waals surface area contributed by atoms with Gasteiger partial charge in [0.1, 0.15) is 0 Å². The Balaban J connectivity index is 1.42. The van der Waals surface area contributed by atoms with Gasteiger partial charge in [-0.3, -0.25) is 9.69 Å². The topological polar surface area (TPSA) is 61.6 Å². The lowest BCUT2D eigenvalue weighted by atomic mass is 10.2. The van der Waals surface area contributed by atoms with E-state index in [1.165, 1.54) is 5.56 Å². The number of hydrogen-bond donors (Lipinski definition) is 2. The second-order valence-corrected chi connectivity index (χ2v) is 6.12. The zero-order valence-corrected chi connectivity index (χ0v) is 13.8. The fraction of sp³-hybridized carbons (Fsp3) is 0.316. The van der Waals surface area contributed by atoms with Gasteiger partial charge in [-0.2, -0.15) is 0 Å². The first kappa shape index (κ1) is 16.3. The van der Waals surface area contributed by atoms with Crippen LogP contribution in [0.5, 0.6) is 0 Å². The lowest BCUT2D eigenvalue weighted by Crippen LogP contribution is -2.49. The van der Waals surface area contributed by atoms with Crippen LogP contribution in [0.25, 0.3) is 0 Å². The number of carbonyl (C=O) groups is 1. The zero-order chi connectivity index (χ0) is 16.8. The van der Waals surface area contributed by atoms with Gasteiger partial charge >= 0.3 is 0 Å². The number of nitrogens with two attached hydrogens (primary N) is 1. The first-order valence-corrected chi connectivity index (χ1v) is 8.34. The molecule has 1 aliphatic rings. The molecule has 2 aromatic rings. The summed E-state index contributed by atoms with van der Waals surface area (Å²) in [6.07, 6.45) is 0. The minimum atomic E-state index is 0.158. The smallest absolute Gasteiger partial charge is 0.241 e. The standard InChI is InChI=1S/C19H24N4O/c20-17-8-6-16(7-9-17)15-22-10-12-23(13-11-22)19(24)14-21-18-4-2-1-3-5-18/h1-9,21H,10-15,20H2. The van der Waals surface area contributed by atoms with E-state index in [0.717, 1.165) is 44.1 Å². The van der Waals surface area contributed by atoms with E-state index in [0.29, 0.717) is 6.54 Å². The Labute approximate surface area is 143 Å². The van der Waals surface area contributed by atoms with Crippen LogP contribution in [0.2, 0.25) is 0 Å². The molecule has 0 saturated carbocycles. The van der Waals surface area contributed by atoms with E-state index in [-0.39, 0.29) is 5.91 Å². The fourth-order valence-corrected chi connectivity index (χ4v) is 2.88. The number of piperazine rings is 1. The lowest BCUT2D eigenvalue weighted by Gasteiger charge is -2.34. The molecular formula is C19H24N4O. The monoisotopic (exact) mass is 324 g/mol. The summed E-state index contributed by atoms with van der Waals surface area (Å²) in [4.78, 5) is 16.6. The second-order valence-electron chi connectivity index (χ2n) is 6.12. The summed E-state index contributed by atoms with van der Waals surface area (Å²) in [7, 11) is 0. The van der Waals surface area contributed by atoms with E-state index in [2.05, 4.69) is 22.3 Å². The maximum Gasteiger partial charge on any atom is 0.241 e. The van der Waals surface area contributed by atoms with Crippen LogP contribution in [0.4, 0.5) is 11.4 Å². The highest BCUT2D eigenvalue weighted by atomic mass is 16.2. The highest BCUT2D eigenvalue weighted by molar-refractivity contribution is 5.81. The molecule has 2 aromatic carbocycles. The molecule has 1 aliphatic heterocycles. The third kappa shape index (κ3) is 4.49. The minimum absolute atomic E-state index is 0.158. The van der Waals surface area contributed by atoms with Crippen LogP contribution in [0.15, 0.2) is 54.6 Å². The average Bonchev–Trinajstić information content (AvgIpc) is 2.63. The maximum absolute atomic E-state index is 12.3. The molecule has 3 rings (SSSR count). The molecule has 0 aromatic heterocycles. The van der Waals surface area contributed by atoms with Gasteiger partial charge in [-0.05, 0) is 29.8 Å². The molecule has 1 saturated heterocycles. The van der Waals surface area contributed by atoms with Crippen molar-refractivity contribution in [2.45, 2.75) is 6.54 Å². The van der Waals surface area contributed by atoms with Crippen molar-refractivity contribution in [3.63, 3.8) is 0 Å². The van der Waals surface area contributed by atoms with Crippen LogP contribution in [-0.2, 0) is 11.3 Å². The molecule has 0 radical (unpaired) electrons. The Hall–Kier alpha value is -2.53. The first-order chi connectivity index (χ1) is 11.7. The van der Waals surface area contributed by atoms with Crippen molar-refractivity contribution in [2.24, 2.45) is 0 Å². The zero-order valence-electron chi connectivity index (χ0n) is 13.8. The van der Waals surface area contributed by atoms with Crippen molar-refractivity contribution < 1.29 is 4.79 Å². The Morgan fingerprint density at radius 1 is 0.958 bits per heavy atom. The van der Waals surface area contributed by atoms with E-state index in [1.54, 1.807) is 0 Å². The molecule has 1 heterocycles. The highest BCUT2D eigenvalue weighted by Gasteiger charge is 2.20. The number of amides is 1. The van der Waals surface area contributed by atoms with Gasteiger partial charge in [0.05, 0.1) is 6.54 Å². The molecule has 126 valence electrons. The van der Waals surface area contributed by atoms with Gasteiger partial charge < -0.3 is 16.0 Å². The number of benzene rings is 2. The Bertz CT molecular complexity index is 649. The lowest BCUT2D eigenvalue weighted by molar-refractivity contribution is -0.131. The summed E-state index contributed by atoms with van der Waals surface area (Å²) in [6, 6.07) is 17.8. The van der Waals surface area contributed by atoms with E-state index in [1.807, 2.05) is 47.4 Å². The van der Waals surface area contributed by atoms with Gasteiger partial charge in [0.15, 0.2) is 0 Å². The van der Waals surface area contributed by atoms with Crippen LogP contribution in [0.3, 0.4) is 0 Å². The Morgan fingerprint density at radius 2 is 1.62 bits per heavy atom. The number of rotatable bonds is 5. The van der Waals surface area contributed by atoms with Gasteiger partial charge in [-0.1, -0.05) is 30.3 Å². The van der Waals surface area contributed by atoms with E-state index in [4.69, 9.17) is 5.73 Å². The summed E-state index contributed by atoms with van der Waals surface area (Å²) < 4.78 is 0. The molecule has 24 heavy (non-hydrogen) atoms. The molecule has 0 spiro atoms. The van der Waals surface area contributed by atoms with Gasteiger partial charge in [0.25, 0.3) is 0 Å². The van der Waals surface area contributed by atoms with Crippen molar-refractivity contribution in [2.75, 3.05) is 43.8 Å². The van der Waals surface area contributed by atoms with Gasteiger partial charge in [0.2, 0.25) is 5.91 Å². The van der Waals surface area contributed by atoms with Crippen molar-refractivity contribution >= 4 is 17.3 Å². The molecule has 0 aliphatic carbocycles. The Morgan fingerprint density at radius 3 is 2.29 bits per heavy atom. The van der Waals surface area contributed by atoms with E-state index in [9.17, 15) is 4.79 Å². The van der Waals surface area contributed by atoms with Gasteiger partial charge in [-0.25, -0.2) is 0 Å². The summed E-state index contributed by atoms with van der Waals surface area (Å²) in [5, 5.41) is 3.18. The first-order valence-electron chi connectivity index (χ1n) is 8.34. The predicted molar refractivity (Wildman–Crippen MR) is 97.6 cm³/mol. The molecule has 0 atom stereocenters. The third-order valence-corrected chi connectivity index (χ3v) is 4.33. The largest absolute Gasteiger partial charge is 0.399 e. The molecular weight excluding hydrogens is 300 g/mol. The van der Waals surface area contributed by atoms with Gasteiger partial charge in [0, 0.05) is 44.1 Å². The molecule has 5 nitrogen and oxygen atoms in total. The average molecular weight is 324 g/mol. The fourth-order valence-electron chi connectivity index (χ4n) is 2.88. The molecule has 0 unspecified atom stereocenters. The van der Waals surface area contributed by atoms with Crippen LogP contribution < -0.4 is 11.1 Å². The highest BCUT2D eigenvalue weighted by Crippen LogP contribution is 2.11. The number of hydrogen-bond acceptors (Lipinski definition) is 4. The van der Waals surface area contributed by atoms with Gasteiger partial charge in [-0.15, -0.1) is 0 Å². The number of nitrogens with one attached hydrogen (secondary N) is 1. The van der Waals surface area contributed by atoms with E-state index < -0.39 is 0 Å². The molecule has 3 N–H and O–H groups in total. The quantitative estimate of drug-likeness (QED) is 0.826. The number of nitrogens with zero attached hydrogens (tertiary/aromatic N) is 2. The van der Waals surface area contributed by atoms with Crippen molar-refractivity contribution in [1.82, 2.24) is 9.80 Å². The van der Waals surface area contributed by atoms with Crippen molar-refractivity contribution in [1.29, 1.82) is 0 Å². The number of carbonyl (C=O) groups excluding carboxylic acids is 1. The van der Waals surface area contributed by atoms with Crippen LogP contribution >= 0.6 is 0 Å². The molecule has 1 amide bonds. The molecule has 5 heteroatoms. The summed E-state index contributed by atoms with van der Waals surface area (Å²) >= 11 is 0. The number of para-hydroxylation sites is 1. The summed E-state index contributed by atoms with van der Waals surface area (Å²) in [6.45, 7) is 4.63. The molecule has 0 bridgehead atoms. The maximum atomic E-state index is 12.3. The molecule has 1 fully saturated rings. The summed E-state index contributed by atoms with van der Waals surface area (Å²) in [5.41, 5.74) is 8.75. The van der Waals surface area contributed by atoms with Crippen LogP contribution in [0, 0.1) is 0 Å². The minimum Gasteiger partial charge on any atom is -0.399 e. The van der Waals surface area contributed by atoms with Crippen LogP contribution in [0.1, 0.15) is 5.56 Å². The van der Waals surface area contributed by atoms with Crippen molar-refractivity contribution in [3.8, 4) is 0 Å². The predicted octanol–water partition coefficient (Wildman–Crippen LogP) is 2.03. The number of anilines is 2. The SMILES string of the molecule is Nc1ccc(CN2CCN(C(=O)CNc3ccccc3)CC2)cc1. The van der Waals surface area contributed by atoms with E-state index >= 15 is 0 Å². The normalized spacial score (nSPS) is 15.2. The van der Waals surface area contributed by atoms with Crippen LogP contribution in [-0.4, -0.2) is 48.4 Å². The Kier molecular flexibility index (Phi) is 5.33. The second kappa shape index (κ2) is 7.84. The summed E-state index contributed by atoms with van der Waals surface area (Å²) in [5.74, 6) is 0.158. The number of nitrogen functional groups attached to an aromatic ring is 1. The van der Waals surface area contributed by atoms with Crippen molar-refractivity contribution in [3.05, 3.63) is 60.2 Å². The third-order valence-electron chi connectivity index (χ3n) is 4.33.